The Bertz CT molecular complexity index is 695. The standard InChI is InChI=1S/C16H21ClN4O2/c1-20-14-4-3-12(11-13(14)19-16(20)17)15(22)18-5-2-6-21-7-9-23-10-8-21/h3-4,11H,2,5-10H2,1H3,(H,18,22). The summed E-state index contributed by atoms with van der Waals surface area (Å²) in [6.07, 6.45) is 0.934. The number of nitrogens with zero attached hydrogens (tertiary/aromatic N) is 3. The maximum atomic E-state index is 12.2. The molecular weight excluding hydrogens is 316 g/mol. The second kappa shape index (κ2) is 7.29. The molecule has 1 N–H and O–H groups in total. The molecule has 2 heterocycles. The Morgan fingerprint density at radius 1 is 1.39 bits per heavy atom. The summed E-state index contributed by atoms with van der Waals surface area (Å²) in [7, 11) is 1.85. The second-order valence-electron chi connectivity index (χ2n) is 5.71. The molecule has 1 amide bonds. The Balaban J connectivity index is 1.51. The van der Waals surface area contributed by atoms with E-state index in [1.807, 2.05) is 13.1 Å². The van der Waals surface area contributed by atoms with E-state index in [1.165, 1.54) is 0 Å². The molecule has 0 radical (unpaired) electrons. The van der Waals surface area contributed by atoms with E-state index in [0.29, 0.717) is 17.4 Å². The van der Waals surface area contributed by atoms with Crippen LogP contribution in [0.1, 0.15) is 16.8 Å². The fourth-order valence-electron chi connectivity index (χ4n) is 2.74. The summed E-state index contributed by atoms with van der Waals surface area (Å²) in [5, 5.41) is 3.38. The summed E-state index contributed by atoms with van der Waals surface area (Å²) in [6, 6.07) is 5.45. The average molecular weight is 337 g/mol. The number of hydrogen-bond donors (Lipinski definition) is 1. The highest BCUT2D eigenvalue weighted by Gasteiger charge is 2.12. The topological polar surface area (TPSA) is 59.4 Å². The van der Waals surface area contributed by atoms with Crippen LogP contribution < -0.4 is 5.32 Å². The van der Waals surface area contributed by atoms with Crippen LogP contribution in [0, 0.1) is 0 Å². The summed E-state index contributed by atoms with van der Waals surface area (Å²) in [4.78, 5) is 18.8. The van der Waals surface area contributed by atoms with Crippen molar-refractivity contribution in [3.8, 4) is 0 Å². The summed E-state index contributed by atoms with van der Waals surface area (Å²) in [6.45, 7) is 5.21. The molecule has 1 aliphatic rings. The number of ether oxygens (including phenoxy) is 1. The smallest absolute Gasteiger partial charge is 0.251 e. The van der Waals surface area contributed by atoms with Crippen molar-refractivity contribution in [3.05, 3.63) is 29.0 Å². The largest absolute Gasteiger partial charge is 0.379 e. The van der Waals surface area contributed by atoms with Gasteiger partial charge in [-0.15, -0.1) is 0 Å². The van der Waals surface area contributed by atoms with Crippen LogP contribution in [0.15, 0.2) is 18.2 Å². The molecule has 1 saturated heterocycles. The third-order valence-corrected chi connectivity index (χ3v) is 4.47. The van der Waals surface area contributed by atoms with Crippen LogP contribution >= 0.6 is 11.6 Å². The molecule has 23 heavy (non-hydrogen) atoms. The van der Waals surface area contributed by atoms with Crippen molar-refractivity contribution >= 4 is 28.5 Å². The van der Waals surface area contributed by atoms with E-state index in [9.17, 15) is 4.79 Å². The molecular formula is C16H21ClN4O2. The Morgan fingerprint density at radius 2 is 2.17 bits per heavy atom. The van der Waals surface area contributed by atoms with Gasteiger partial charge in [0.25, 0.3) is 5.91 Å². The lowest BCUT2D eigenvalue weighted by atomic mass is 10.2. The molecule has 6 nitrogen and oxygen atoms in total. The number of aromatic nitrogens is 2. The number of carbonyl (C=O) groups is 1. The first-order chi connectivity index (χ1) is 11.1. The number of amides is 1. The number of hydrogen-bond acceptors (Lipinski definition) is 4. The van der Waals surface area contributed by atoms with Crippen LogP contribution in [-0.2, 0) is 11.8 Å². The van der Waals surface area contributed by atoms with Crippen molar-refractivity contribution in [2.75, 3.05) is 39.4 Å². The van der Waals surface area contributed by atoms with Crippen molar-refractivity contribution in [2.24, 2.45) is 7.05 Å². The number of imidazole rings is 1. The number of aryl methyl sites for hydroxylation is 1. The third kappa shape index (κ3) is 3.83. The fraction of sp³-hybridized carbons (Fsp3) is 0.500. The summed E-state index contributed by atoms with van der Waals surface area (Å²) >= 11 is 6.00. The van der Waals surface area contributed by atoms with Gasteiger partial charge < -0.3 is 14.6 Å². The molecule has 1 aliphatic heterocycles. The monoisotopic (exact) mass is 336 g/mol. The van der Waals surface area contributed by atoms with Crippen LogP contribution in [-0.4, -0.2) is 59.8 Å². The van der Waals surface area contributed by atoms with Crippen molar-refractivity contribution in [3.63, 3.8) is 0 Å². The highest BCUT2D eigenvalue weighted by atomic mass is 35.5. The van der Waals surface area contributed by atoms with Gasteiger partial charge in [-0.25, -0.2) is 4.98 Å². The van der Waals surface area contributed by atoms with Crippen molar-refractivity contribution < 1.29 is 9.53 Å². The highest BCUT2D eigenvalue weighted by molar-refractivity contribution is 6.29. The van der Waals surface area contributed by atoms with Crippen LogP contribution in [0.3, 0.4) is 0 Å². The van der Waals surface area contributed by atoms with Gasteiger partial charge in [0.2, 0.25) is 5.28 Å². The number of carbonyl (C=O) groups excluding carboxylic acids is 1. The number of benzene rings is 1. The van der Waals surface area contributed by atoms with E-state index < -0.39 is 0 Å². The second-order valence-corrected chi connectivity index (χ2v) is 6.04. The number of halogens is 1. The summed E-state index contributed by atoms with van der Waals surface area (Å²) in [5.41, 5.74) is 2.26. The molecule has 0 unspecified atom stereocenters. The highest BCUT2D eigenvalue weighted by Crippen LogP contribution is 2.19. The van der Waals surface area contributed by atoms with Crippen molar-refractivity contribution in [1.29, 1.82) is 0 Å². The van der Waals surface area contributed by atoms with Gasteiger partial charge in [0.15, 0.2) is 0 Å². The Morgan fingerprint density at radius 3 is 2.96 bits per heavy atom. The summed E-state index contributed by atoms with van der Waals surface area (Å²) < 4.78 is 7.11. The van der Waals surface area contributed by atoms with Crippen LogP contribution in [0.4, 0.5) is 0 Å². The molecule has 0 atom stereocenters. The molecule has 3 rings (SSSR count). The molecule has 1 aromatic heterocycles. The number of fused-ring (bicyclic) bond motifs is 1. The lowest BCUT2D eigenvalue weighted by Crippen LogP contribution is -2.38. The molecule has 7 heteroatoms. The van der Waals surface area contributed by atoms with Crippen LogP contribution in [0.2, 0.25) is 5.28 Å². The van der Waals surface area contributed by atoms with Crippen LogP contribution in [0.5, 0.6) is 0 Å². The Labute approximate surface area is 140 Å². The van der Waals surface area contributed by atoms with E-state index >= 15 is 0 Å². The molecule has 0 saturated carbocycles. The molecule has 0 aliphatic carbocycles. The SMILES string of the molecule is Cn1c(Cl)nc2cc(C(=O)NCCCN3CCOCC3)ccc21. The third-order valence-electron chi connectivity index (χ3n) is 4.13. The number of rotatable bonds is 5. The lowest BCUT2D eigenvalue weighted by molar-refractivity contribution is 0.0374. The van der Waals surface area contributed by atoms with E-state index in [0.717, 1.165) is 50.3 Å². The minimum atomic E-state index is -0.0735. The quantitative estimate of drug-likeness (QED) is 0.844. The minimum absolute atomic E-state index is 0.0735. The van der Waals surface area contributed by atoms with Gasteiger partial charge in [-0.05, 0) is 42.8 Å². The maximum absolute atomic E-state index is 12.2. The first kappa shape index (κ1) is 16.2. The zero-order valence-corrected chi connectivity index (χ0v) is 14.0. The first-order valence-corrected chi connectivity index (χ1v) is 8.23. The van der Waals surface area contributed by atoms with E-state index in [-0.39, 0.29) is 5.91 Å². The van der Waals surface area contributed by atoms with Gasteiger partial charge >= 0.3 is 0 Å². The normalized spacial score (nSPS) is 15.9. The predicted octanol–water partition coefficient (Wildman–Crippen LogP) is 1.68. The van der Waals surface area contributed by atoms with Gasteiger partial charge in [0, 0.05) is 32.2 Å². The van der Waals surface area contributed by atoms with Gasteiger partial charge in [-0.2, -0.15) is 0 Å². The molecule has 124 valence electrons. The summed E-state index contributed by atoms with van der Waals surface area (Å²) in [5.74, 6) is -0.0735. The van der Waals surface area contributed by atoms with Crippen molar-refractivity contribution in [2.45, 2.75) is 6.42 Å². The molecule has 2 aromatic rings. The maximum Gasteiger partial charge on any atom is 0.251 e. The van der Waals surface area contributed by atoms with Gasteiger partial charge in [0.05, 0.1) is 24.2 Å². The fourth-order valence-corrected chi connectivity index (χ4v) is 2.93. The zero-order chi connectivity index (χ0) is 16.2. The minimum Gasteiger partial charge on any atom is -0.379 e. The zero-order valence-electron chi connectivity index (χ0n) is 13.2. The van der Waals surface area contributed by atoms with E-state index in [2.05, 4.69) is 15.2 Å². The van der Waals surface area contributed by atoms with Crippen molar-refractivity contribution in [1.82, 2.24) is 19.8 Å². The molecule has 0 spiro atoms. The molecule has 0 bridgehead atoms. The Hall–Kier alpha value is -1.63. The number of morpholine rings is 1. The number of nitrogens with one attached hydrogen (secondary N) is 1. The van der Waals surface area contributed by atoms with E-state index in [1.54, 1.807) is 16.7 Å². The van der Waals surface area contributed by atoms with Gasteiger partial charge in [-0.1, -0.05) is 0 Å². The molecule has 1 fully saturated rings. The molecule has 1 aromatic carbocycles. The lowest BCUT2D eigenvalue weighted by Gasteiger charge is -2.26. The van der Waals surface area contributed by atoms with E-state index in [4.69, 9.17) is 16.3 Å². The van der Waals surface area contributed by atoms with Gasteiger partial charge in [-0.3, -0.25) is 9.69 Å². The van der Waals surface area contributed by atoms with Gasteiger partial charge in [0.1, 0.15) is 0 Å². The predicted molar refractivity (Wildman–Crippen MR) is 89.9 cm³/mol. The Kier molecular flexibility index (Phi) is 5.15. The average Bonchev–Trinajstić information content (AvgIpc) is 2.86. The first-order valence-electron chi connectivity index (χ1n) is 7.85. The van der Waals surface area contributed by atoms with Crippen LogP contribution in [0.25, 0.3) is 11.0 Å².